The van der Waals surface area contributed by atoms with Gasteiger partial charge in [-0.2, -0.15) is 8.78 Å². The van der Waals surface area contributed by atoms with Gasteiger partial charge in [0.25, 0.3) is 0 Å². The zero-order valence-corrected chi connectivity index (χ0v) is 14.6. The van der Waals surface area contributed by atoms with Crippen LogP contribution in [0.4, 0.5) is 18.9 Å². The van der Waals surface area contributed by atoms with Crippen molar-refractivity contribution in [3.8, 4) is 5.75 Å². The van der Waals surface area contributed by atoms with Crippen molar-refractivity contribution in [3.05, 3.63) is 59.9 Å². The van der Waals surface area contributed by atoms with Crippen LogP contribution in [-0.2, 0) is 0 Å². The average molecular weight is 368 g/mol. The zero-order chi connectivity index (χ0) is 18.4. The van der Waals surface area contributed by atoms with Gasteiger partial charge in [0.1, 0.15) is 11.6 Å². The Hall–Kier alpha value is -2.28. The van der Waals surface area contributed by atoms with E-state index in [2.05, 4.69) is 15.4 Å². The van der Waals surface area contributed by atoms with Crippen molar-refractivity contribution in [3.63, 3.8) is 0 Å². The average Bonchev–Trinajstić information content (AvgIpc) is 2.55. The molecule has 1 atom stereocenters. The van der Waals surface area contributed by atoms with Crippen LogP contribution in [0.15, 0.2) is 48.5 Å². The zero-order valence-electron chi connectivity index (χ0n) is 13.8. The number of alkyl halides is 2. The molecule has 0 fully saturated rings. The second-order valence-electron chi connectivity index (χ2n) is 5.77. The molecule has 0 aliphatic rings. The third-order valence-corrected chi connectivity index (χ3v) is 3.74. The molecule has 0 saturated heterocycles. The van der Waals surface area contributed by atoms with Crippen molar-refractivity contribution in [1.82, 2.24) is 5.32 Å². The van der Waals surface area contributed by atoms with Gasteiger partial charge in [0.2, 0.25) is 0 Å². The number of thiocarbonyl (C=S) groups is 1. The van der Waals surface area contributed by atoms with Crippen LogP contribution >= 0.6 is 12.2 Å². The molecule has 3 nitrogen and oxygen atoms in total. The topological polar surface area (TPSA) is 33.3 Å². The van der Waals surface area contributed by atoms with Gasteiger partial charge in [-0.1, -0.05) is 26.0 Å². The SMILES string of the molecule is CC(C)[C@@H](NC(=S)Nc1ccc(OC(F)F)cc1)c1ccc(F)cc1. The largest absolute Gasteiger partial charge is 0.435 e. The molecule has 0 aliphatic carbocycles. The van der Waals surface area contributed by atoms with Gasteiger partial charge < -0.3 is 15.4 Å². The van der Waals surface area contributed by atoms with E-state index < -0.39 is 6.61 Å². The van der Waals surface area contributed by atoms with Crippen LogP contribution in [-0.4, -0.2) is 11.7 Å². The van der Waals surface area contributed by atoms with E-state index in [1.165, 1.54) is 24.3 Å². The predicted molar refractivity (Wildman–Crippen MR) is 96.4 cm³/mol. The first-order chi connectivity index (χ1) is 11.8. The van der Waals surface area contributed by atoms with Gasteiger partial charge in [-0.3, -0.25) is 0 Å². The maximum atomic E-state index is 13.1. The molecule has 2 N–H and O–H groups in total. The van der Waals surface area contributed by atoms with Gasteiger partial charge in [-0.25, -0.2) is 4.39 Å². The third kappa shape index (κ3) is 5.94. The lowest BCUT2D eigenvalue weighted by molar-refractivity contribution is -0.0498. The molecule has 2 aromatic rings. The van der Waals surface area contributed by atoms with Crippen LogP contribution < -0.4 is 15.4 Å². The Kier molecular flexibility index (Phi) is 6.64. The van der Waals surface area contributed by atoms with Gasteiger partial charge >= 0.3 is 6.61 Å². The fraction of sp³-hybridized carbons (Fsp3) is 0.278. The second kappa shape index (κ2) is 8.71. The van der Waals surface area contributed by atoms with Crippen LogP contribution in [0.3, 0.4) is 0 Å². The number of rotatable bonds is 6. The van der Waals surface area contributed by atoms with Crippen LogP contribution in [0.5, 0.6) is 5.75 Å². The van der Waals surface area contributed by atoms with Crippen molar-refractivity contribution in [2.75, 3.05) is 5.32 Å². The highest BCUT2D eigenvalue weighted by Gasteiger charge is 2.17. The van der Waals surface area contributed by atoms with E-state index in [0.717, 1.165) is 5.56 Å². The van der Waals surface area contributed by atoms with Crippen LogP contribution in [0.1, 0.15) is 25.5 Å². The van der Waals surface area contributed by atoms with Gasteiger partial charge in [-0.05, 0) is 60.1 Å². The summed E-state index contributed by atoms with van der Waals surface area (Å²) < 4.78 is 41.7. The van der Waals surface area contributed by atoms with Gasteiger partial charge in [0, 0.05) is 5.69 Å². The number of nitrogens with one attached hydrogen (secondary N) is 2. The monoisotopic (exact) mass is 368 g/mol. The predicted octanol–water partition coefficient (Wildman–Crippen LogP) is 5.11. The molecule has 2 rings (SSSR count). The molecule has 0 bridgehead atoms. The lowest BCUT2D eigenvalue weighted by Gasteiger charge is -2.25. The van der Waals surface area contributed by atoms with Crippen LogP contribution in [0.2, 0.25) is 0 Å². The summed E-state index contributed by atoms with van der Waals surface area (Å²) in [5.74, 6) is -0.00381. The van der Waals surface area contributed by atoms with E-state index in [1.807, 2.05) is 13.8 Å². The third-order valence-electron chi connectivity index (χ3n) is 3.52. The quantitative estimate of drug-likeness (QED) is 0.694. The van der Waals surface area contributed by atoms with E-state index in [9.17, 15) is 13.2 Å². The summed E-state index contributed by atoms with van der Waals surface area (Å²) in [4.78, 5) is 0. The summed E-state index contributed by atoms with van der Waals surface area (Å²) in [5.41, 5.74) is 1.56. The summed E-state index contributed by atoms with van der Waals surface area (Å²) in [7, 11) is 0. The van der Waals surface area contributed by atoms with E-state index in [4.69, 9.17) is 12.2 Å². The second-order valence-corrected chi connectivity index (χ2v) is 6.18. The molecular weight excluding hydrogens is 349 g/mol. The lowest BCUT2D eigenvalue weighted by Crippen LogP contribution is -2.34. The highest BCUT2D eigenvalue weighted by atomic mass is 32.1. The van der Waals surface area contributed by atoms with Crippen molar-refractivity contribution in [2.45, 2.75) is 26.5 Å². The maximum Gasteiger partial charge on any atom is 0.387 e. The molecule has 0 aromatic heterocycles. The number of hydrogen-bond donors (Lipinski definition) is 2. The van der Waals surface area contributed by atoms with E-state index in [0.29, 0.717) is 10.8 Å². The Balaban J connectivity index is 2.00. The number of anilines is 1. The number of ether oxygens (including phenoxy) is 1. The standard InChI is InChI=1S/C18H19F3N2OS/c1-11(2)16(12-3-5-13(19)6-4-12)23-18(25)22-14-7-9-15(10-8-14)24-17(20)21/h3-11,16-17H,1-2H3,(H2,22,23,25)/t16-/m1/s1. The minimum Gasteiger partial charge on any atom is -0.435 e. The molecule has 0 unspecified atom stereocenters. The molecular formula is C18H19F3N2OS. The van der Waals surface area contributed by atoms with E-state index >= 15 is 0 Å². The molecule has 0 spiro atoms. The fourth-order valence-corrected chi connectivity index (χ4v) is 2.58. The molecule has 25 heavy (non-hydrogen) atoms. The first-order valence-electron chi connectivity index (χ1n) is 7.73. The normalized spacial score (nSPS) is 12.1. The summed E-state index contributed by atoms with van der Waals surface area (Å²) in [5, 5.41) is 6.57. The Morgan fingerprint density at radius 3 is 2.12 bits per heavy atom. The number of hydrogen-bond acceptors (Lipinski definition) is 2. The molecule has 0 amide bonds. The molecule has 0 heterocycles. The highest BCUT2D eigenvalue weighted by molar-refractivity contribution is 7.80. The lowest BCUT2D eigenvalue weighted by atomic mass is 9.96. The number of halogens is 3. The van der Waals surface area contributed by atoms with Gasteiger partial charge in [0.05, 0.1) is 6.04 Å². The first kappa shape index (κ1) is 19.1. The van der Waals surface area contributed by atoms with Gasteiger partial charge in [0.15, 0.2) is 5.11 Å². The molecule has 134 valence electrons. The smallest absolute Gasteiger partial charge is 0.387 e. The molecule has 7 heteroatoms. The summed E-state index contributed by atoms with van der Waals surface area (Å²) in [6.07, 6.45) is 0. The van der Waals surface area contributed by atoms with Crippen LogP contribution in [0, 0.1) is 11.7 Å². The maximum absolute atomic E-state index is 13.1. The van der Waals surface area contributed by atoms with Crippen molar-refractivity contribution in [1.29, 1.82) is 0 Å². The Bertz CT molecular complexity index is 690. The summed E-state index contributed by atoms with van der Waals surface area (Å²) >= 11 is 5.31. The minimum atomic E-state index is -2.86. The fourth-order valence-electron chi connectivity index (χ4n) is 2.33. The van der Waals surface area contributed by atoms with Crippen LogP contribution in [0.25, 0.3) is 0 Å². The molecule has 0 aliphatic heterocycles. The first-order valence-corrected chi connectivity index (χ1v) is 8.14. The Morgan fingerprint density at radius 1 is 1.00 bits per heavy atom. The van der Waals surface area contributed by atoms with Gasteiger partial charge in [-0.15, -0.1) is 0 Å². The molecule has 2 aromatic carbocycles. The highest BCUT2D eigenvalue weighted by Crippen LogP contribution is 2.23. The Labute approximate surface area is 150 Å². The van der Waals surface area contributed by atoms with E-state index in [-0.39, 0.29) is 23.5 Å². The molecule has 0 saturated carbocycles. The van der Waals surface area contributed by atoms with Crippen molar-refractivity contribution in [2.24, 2.45) is 5.92 Å². The van der Waals surface area contributed by atoms with Crippen molar-refractivity contribution < 1.29 is 17.9 Å². The summed E-state index contributed by atoms with van der Waals surface area (Å²) in [6.45, 7) is 1.20. The number of benzene rings is 2. The van der Waals surface area contributed by atoms with E-state index in [1.54, 1.807) is 24.3 Å². The van der Waals surface area contributed by atoms with Crippen molar-refractivity contribution >= 4 is 23.0 Å². The minimum absolute atomic E-state index is 0.0748. The Morgan fingerprint density at radius 2 is 1.60 bits per heavy atom. The molecule has 0 radical (unpaired) electrons. The summed E-state index contributed by atoms with van der Waals surface area (Å²) in [6, 6.07) is 12.2.